The minimum Gasteiger partial charge on any atom is -0.481 e. The molecule has 134 valence electrons. The maximum atomic E-state index is 12.9. The third-order valence-electron chi connectivity index (χ3n) is 3.87. The summed E-state index contributed by atoms with van der Waals surface area (Å²) >= 11 is 0. The fourth-order valence-corrected chi connectivity index (χ4v) is 2.26. The number of hydrogen-bond donors (Lipinski definition) is 1. The van der Waals surface area contributed by atoms with Crippen LogP contribution in [-0.4, -0.2) is 24.5 Å². The van der Waals surface area contributed by atoms with Crippen LogP contribution in [0.1, 0.15) is 35.3 Å². The molecule has 1 heterocycles. The van der Waals surface area contributed by atoms with Gasteiger partial charge in [-0.3, -0.25) is 4.79 Å². The molecular weight excluding hydrogens is 333 g/mol. The van der Waals surface area contributed by atoms with Crippen molar-refractivity contribution in [1.82, 2.24) is 10.3 Å². The molecule has 0 saturated heterocycles. The van der Waals surface area contributed by atoms with Crippen LogP contribution in [0.5, 0.6) is 5.88 Å². The first-order valence-corrected chi connectivity index (χ1v) is 7.59. The number of aromatic nitrogens is 1. The van der Waals surface area contributed by atoms with Crippen molar-refractivity contribution in [3.05, 3.63) is 59.3 Å². The van der Waals surface area contributed by atoms with E-state index in [0.717, 1.165) is 12.1 Å². The molecule has 0 unspecified atom stereocenters. The third kappa shape index (κ3) is 4.71. The second kappa shape index (κ2) is 7.13. The van der Waals surface area contributed by atoms with Gasteiger partial charge in [-0.05, 0) is 17.7 Å². The van der Waals surface area contributed by atoms with Gasteiger partial charge in [0.1, 0.15) is 0 Å². The molecule has 0 saturated carbocycles. The molecule has 2 aromatic rings. The number of alkyl halides is 3. The van der Waals surface area contributed by atoms with Gasteiger partial charge in [-0.25, -0.2) is 4.98 Å². The summed E-state index contributed by atoms with van der Waals surface area (Å²) in [4.78, 5) is 16.1. The molecule has 0 aliphatic carbocycles. The summed E-state index contributed by atoms with van der Waals surface area (Å²) in [6, 6.07) is 8.26. The standard InChI is InChI=1S/C18H19F3N2O2/c1-17(2,13-5-4-6-14(9-13)18(19,20)21)11-23-16(24)12-7-8-15(25-3)22-10-12/h4-10H,11H2,1-3H3,(H,23,24). The van der Waals surface area contributed by atoms with Crippen LogP contribution in [0, 0.1) is 0 Å². The Labute approximate surface area is 144 Å². The van der Waals surface area contributed by atoms with Gasteiger partial charge in [-0.1, -0.05) is 32.0 Å². The first-order chi connectivity index (χ1) is 11.6. The predicted octanol–water partition coefficient (Wildman–Crippen LogP) is 3.82. The Balaban J connectivity index is 2.09. The highest BCUT2D eigenvalue weighted by Gasteiger charge is 2.32. The van der Waals surface area contributed by atoms with Gasteiger partial charge in [0, 0.05) is 24.2 Å². The summed E-state index contributed by atoms with van der Waals surface area (Å²) in [5.41, 5.74) is -0.531. The molecule has 4 nitrogen and oxygen atoms in total. The lowest BCUT2D eigenvalue weighted by Gasteiger charge is -2.26. The molecule has 0 radical (unpaired) electrons. The van der Waals surface area contributed by atoms with Gasteiger partial charge in [-0.2, -0.15) is 13.2 Å². The molecule has 0 atom stereocenters. The lowest BCUT2D eigenvalue weighted by Crippen LogP contribution is -2.36. The Hall–Kier alpha value is -2.57. The SMILES string of the molecule is COc1ccc(C(=O)NCC(C)(C)c2cccc(C(F)(F)F)c2)cn1. The maximum absolute atomic E-state index is 12.9. The first kappa shape index (κ1) is 18.8. The van der Waals surface area contributed by atoms with E-state index in [2.05, 4.69) is 10.3 Å². The highest BCUT2D eigenvalue weighted by molar-refractivity contribution is 5.93. The normalized spacial score (nSPS) is 11.9. The van der Waals surface area contributed by atoms with Crippen LogP contribution in [0.25, 0.3) is 0 Å². The minimum atomic E-state index is -4.40. The van der Waals surface area contributed by atoms with Crippen LogP contribution in [0.4, 0.5) is 13.2 Å². The van der Waals surface area contributed by atoms with E-state index in [1.54, 1.807) is 32.0 Å². The number of methoxy groups -OCH3 is 1. The Morgan fingerprint density at radius 3 is 2.40 bits per heavy atom. The number of halogens is 3. The largest absolute Gasteiger partial charge is 0.481 e. The molecule has 0 spiro atoms. The van der Waals surface area contributed by atoms with Crippen molar-refractivity contribution in [2.75, 3.05) is 13.7 Å². The van der Waals surface area contributed by atoms with Gasteiger partial charge >= 0.3 is 6.18 Å². The zero-order chi connectivity index (χ0) is 18.7. The molecule has 25 heavy (non-hydrogen) atoms. The molecule has 0 fully saturated rings. The number of rotatable bonds is 5. The van der Waals surface area contributed by atoms with Crippen molar-refractivity contribution in [2.24, 2.45) is 0 Å². The van der Waals surface area contributed by atoms with Crippen LogP contribution in [0.15, 0.2) is 42.6 Å². The number of ether oxygens (including phenoxy) is 1. The third-order valence-corrected chi connectivity index (χ3v) is 3.87. The molecule has 1 aromatic heterocycles. The van der Waals surface area contributed by atoms with Crippen molar-refractivity contribution in [2.45, 2.75) is 25.4 Å². The second-order valence-corrected chi connectivity index (χ2v) is 6.23. The fraction of sp³-hybridized carbons (Fsp3) is 0.333. The van der Waals surface area contributed by atoms with E-state index in [1.807, 2.05) is 0 Å². The van der Waals surface area contributed by atoms with Gasteiger partial charge < -0.3 is 10.1 Å². The number of nitrogens with one attached hydrogen (secondary N) is 1. The lowest BCUT2D eigenvalue weighted by molar-refractivity contribution is -0.137. The molecular formula is C18H19F3N2O2. The van der Waals surface area contributed by atoms with Crippen LogP contribution < -0.4 is 10.1 Å². The van der Waals surface area contributed by atoms with Gasteiger partial charge in [0.25, 0.3) is 5.91 Å². The highest BCUT2D eigenvalue weighted by Crippen LogP contribution is 2.32. The van der Waals surface area contributed by atoms with E-state index in [1.165, 1.54) is 19.4 Å². The van der Waals surface area contributed by atoms with Crippen LogP contribution in [0.2, 0.25) is 0 Å². The molecule has 1 aromatic carbocycles. The van der Waals surface area contributed by atoms with Crippen molar-refractivity contribution >= 4 is 5.91 Å². The Bertz CT molecular complexity index is 741. The highest BCUT2D eigenvalue weighted by atomic mass is 19.4. The number of benzene rings is 1. The maximum Gasteiger partial charge on any atom is 0.416 e. The van der Waals surface area contributed by atoms with E-state index < -0.39 is 17.2 Å². The molecule has 1 amide bonds. The summed E-state index contributed by atoms with van der Waals surface area (Å²) in [6.07, 6.45) is -3.02. The van der Waals surface area contributed by atoms with Crippen molar-refractivity contribution in [1.29, 1.82) is 0 Å². The van der Waals surface area contributed by atoms with E-state index in [9.17, 15) is 18.0 Å². The number of carbonyl (C=O) groups excluding carboxylic acids is 1. The van der Waals surface area contributed by atoms with Crippen molar-refractivity contribution in [3.63, 3.8) is 0 Å². The summed E-state index contributed by atoms with van der Waals surface area (Å²) in [5, 5.41) is 2.73. The van der Waals surface area contributed by atoms with E-state index >= 15 is 0 Å². The van der Waals surface area contributed by atoms with Gasteiger partial charge in [0.05, 0.1) is 18.2 Å². The Kier molecular flexibility index (Phi) is 5.35. The summed E-state index contributed by atoms with van der Waals surface area (Å²) in [5.74, 6) is 0.0380. The molecule has 2 rings (SSSR count). The average molecular weight is 352 g/mol. The monoisotopic (exact) mass is 352 g/mol. The number of carbonyl (C=O) groups is 1. The Morgan fingerprint density at radius 2 is 1.84 bits per heavy atom. The number of hydrogen-bond acceptors (Lipinski definition) is 3. The molecule has 0 aliphatic heterocycles. The van der Waals surface area contributed by atoms with Crippen molar-refractivity contribution < 1.29 is 22.7 Å². The average Bonchev–Trinajstić information content (AvgIpc) is 2.59. The van der Waals surface area contributed by atoms with E-state index in [-0.39, 0.29) is 12.5 Å². The van der Waals surface area contributed by atoms with Crippen LogP contribution in [-0.2, 0) is 11.6 Å². The van der Waals surface area contributed by atoms with Crippen LogP contribution >= 0.6 is 0 Å². The molecule has 1 N–H and O–H groups in total. The fourth-order valence-electron chi connectivity index (χ4n) is 2.26. The molecule has 0 bridgehead atoms. The number of amides is 1. The van der Waals surface area contributed by atoms with Gasteiger partial charge in [-0.15, -0.1) is 0 Å². The lowest BCUT2D eigenvalue weighted by atomic mass is 9.83. The quantitative estimate of drug-likeness (QED) is 0.890. The molecule has 7 heteroatoms. The second-order valence-electron chi connectivity index (χ2n) is 6.23. The summed E-state index contributed by atoms with van der Waals surface area (Å²) < 4.78 is 43.5. The predicted molar refractivity (Wildman–Crippen MR) is 87.6 cm³/mol. The van der Waals surface area contributed by atoms with Crippen LogP contribution in [0.3, 0.4) is 0 Å². The van der Waals surface area contributed by atoms with E-state index in [0.29, 0.717) is 17.0 Å². The summed E-state index contributed by atoms with van der Waals surface area (Å²) in [7, 11) is 1.47. The van der Waals surface area contributed by atoms with Gasteiger partial charge in [0.2, 0.25) is 5.88 Å². The Morgan fingerprint density at radius 1 is 1.16 bits per heavy atom. The van der Waals surface area contributed by atoms with E-state index in [4.69, 9.17) is 4.74 Å². The topological polar surface area (TPSA) is 51.2 Å². The zero-order valence-corrected chi connectivity index (χ0v) is 14.1. The zero-order valence-electron chi connectivity index (χ0n) is 14.1. The molecule has 0 aliphatic rings. The smallest absolute Gasteiger partial charge is 0.416 e. The van der Waals surface area contributed by atoms with Crippen molar-refractivity contribution in [3.8, 4) is 5.88 Å². The van der Waals surface area contributed by atoms with Gasteiger partial charge in [0.15, 0.2) is 0 Å². The number of nitrogens with zero attached hydrogens (tertiary/aromatic N) is 1. The first-order valence-electron chi connectivity index (χ1n) is 7.59. The number of pyridine rings is 1. The summed E-state index contributed by atoms with van der Waals surface area (Å²) in [6.45, 7) is 3.73. The minimum absolute atomic E-state index is 0.180.